The standard InChI is InChI=1S/C50H76N10O8/c1-27(2)29(5)54-46(65)38(57-48(67)40(28(3)4)58-42(61)30(6)51-11)25-53-44(63)33-19-15-20-34(23-33)45(64)55-35-24-39(47(66)56-37-22-16-18-32-17-13-14-21-36(32)37)60(26-35)49(68)41(50(8,9)10)59-43(62)31(7)52-12/h13-15,17,19-21,23,27-31,35,37-41,51-52H,16,18,22,24-26H2,1-12H3,(H,53,63)(H,54,65)(H,55,64)(H,56,66)(H,57,67)(H,58,61)(H,59,62)/t29-,30+,31+,35+,37-,38+,39+,40+,41-/m1/s1. The number of carbonyl (C=O) groups is 8. The molecule has 68 heavy (non-hydrogen) atoms. The summed E-state index contributed by atoms with van der Waals surface area (Å²) in [6, 6.07) is 7.40. The van der Waals surface area contributed by atoms with Gasteiger partial charge in [-0.15, -0.1) is 0 Å². The molecule has 0 aromatic heterocycles. The first kappa shape index (κ1) is 54.7. The molecule has 0 spiro atoms. The molecule has 0 bridgehead atoms. The van der Waals surface area contributed by atoms with Crippen LogP contribution >= 0.6 is 0 Å². The molecule has 9 N–H and O–H groups in total. The molecule has 1 aliphatic heterocycles. The number of amides is 8. The van der Waals surface area contributed by atoms with Gasteiger partial charge >= 0.3 is 0 Å². The van der Waals surface area contributed by atoms with Gasteiger partial charge in [0.15, 0.2) is 0 Å². The summed E-state index contributed by atoms with van der Waals surface area (Å²) >= 11 is 0. The summed E-state index contributed by atoms with van der Waals surface area (Å²) in [6.07, 6.45) is 2.60. The van der Waals surface area contributed by atoms with Crippen molar-refractivity contribution in [3.8, 4) is 0 Å². The average molecular weight is 945 g/mol. The van der Waals surface area contributed by atoms with Crippen LogP contribution in [0.5, 0.6) is 0 Å². The third-order valence-corrected chi connectivity index (χ3v) is 13.1. The quantitative estimate of drug-likeness (QED) is 0.0933. The molecule has 1 aliphatic carbocycles. The molecule has 8 amide bonds. The van der Waals surface area contributed by atoms with Gasteiger partial charge in [-0.05, 0) is 107 Å². The van der Waals surface area contributed by atoms with E-state index in [-0.39, 0.29) is 66.4 Å². The zero-order valence-electron chi connectivity index (χ0n) is 41.9. The highest BCUT2D eigenvalue weighted by Gasteiger charge is 2.46. The van der Waals surface area contributed by atoms with Gasteiger partial charge in [0.2, 0.25) is 35.4 Å². The maximum absolute atomic E-state index is 14.6. The van der Waals surface area contributed by atoms with E-state index < -0.39 is 83.2 Å². The number of nitrogens with one attached hydrogen (secondary N) is 9. The number of aryl methyl sites for hydroxylation is 1. The predicted molar refractivity (Wildman–Crippen MR) is 260 cm³/mol. The van der Waals surface area contributed by atoms with Gasteiger partial charge in [-0.25, -0.2) is 0 Å². The minimum absolute atomic E-state index is 0.0193. The van der Waals surface area contributed by atoms with Crippen LogP contribution in [0.4, 0.5) is 0 Å². The zero-order valence-corrected chi connectivity index (χ0v) is 41.9. The Hall–Kier alpha value is -5.88. The Kier molecular flexibility index (Phi) is 19.6. The molecule has 0 saturated carbocycles. The minimum atomic E-state index is -1.22. The first-order valence-electron chi connectivity index (χ1n) is 23.9. The van der Waals surface area contributed by atoms with Crippen molar-refractivity contribution in [1.29, 1.82) is 0 Å². The lowest BCUT2D eigenvalue weighted by molar-refractivity contribution is -0.144. The van der Waals surface area contributed by atoms with E-state index in [4.69, 9.17) is 0 Å². The summed E-state index contributed by atoms with van der Waals surface area (Å²) in [7, 11) is 3.27. The second-order valence-electron chi connectivity index (χ2n) is 20.0. The molecular formula is C50H76N10O8. The van der Waals surface area contributed by atoms with Crippen molar-refractivity contribution >= 4 is 47.3 Å². The molecule has 2 aromatic carbocycles. The Balaban J connectivity index is 1.54. The molecular weight excluding hydrogens is 869 g/mol. The van der Waals surface area contributed by atoms with Gasteiger partial charge in [-0.2, -0.15) is 0 Å². The second-order valence-corrected chi connectivity index (χ2v) is 20.0. The van der Waals surface area contributed by atoms with E-state index in [1.807, 2.05) is 59.7 Å². The number of nitrogens with zero attached hydrogens (tertiary/aromatic N) is 1. The highest BCUT2D eigenvalue weighted by molar-refractivity contribution is 6.01. The van der Waals surface area contributed by atoms with Crippen LogP contribution in [0, 0.1) is 17.3 Å². The maximum atomic E-state index is 14.6. The Morgan fingerprint density at radius 2 is 1.31 bits per heavy atom. The molecule has 374 valence electrons. The minimum Gasteiger partial charge on any atom is -0.352 e. The van der Waals surface area contributed by atoms with Crippen LogP contribution in [0.1, 0.15) is 126 Å². The van der Waals surface area contributed by atoms with Crippen LogP contribution in [0.15, 0.2) is 48.5 Å². The van der Waals surface area contributed by atoms with E-state index in [2.05, 4.69) is 53.9 Å². The van der Waals surface area contributed by atoms with E-state index in [1.165, 1.54) is 29.2 Å². The van der Waals surface area contributed by atoms with Crippen molar-refractivity contribution in [2.24, 2.45) is 17.3 Å². The van der Waals surface area contributed by atoms with Crippen LogP contribution in [-0.2, 0) is 35.2 Å². The summed E-state index contributed by atoms with van der Waals surface area (Å²) in [5.41, 5.74) is 1.67. The molecule has 1 heterocycles. The van der Waals surface area contributed by atoms with Gasteiger partial charge in [0.1, 0.15) is 24.2 Å². The van der Waals surface area contributed by atoms with E-state index in [0.717, 1.165) is 30.4 Å². The average Bonchev–Trinajstić information content (AvgIpc) is 3.73. The van der Waals surface area contributed by atoms with Crippen LogP contribution in [0.3, 0.4) is 0 Å². The Morgan fingerprint density at radius 3 is 1.91 bits per heavy atom. The van der Waals surface area contributed by atoms with E-state index in [9.17, 15) is 38.4 Å². The Bertz CT molecular complexity index is 2140. The third-order valence-electron chi connectivity index (χ3n) is 13.1. The Labute approximate surface area is 401 Å². The molecule has 1 saturated heterocycles. The smallest absolute Gasteiger partial charge is 0.251 e. The lowest BCUT2D eigenvalue weighted by atomic mass is 9.85. The maximum Gasteiger partial charge on any atom is 0.251 e. The summed E-state index contributed by atoms with van der Waals surface area (Å²) < 4.78 is 0. The molecule has 0 unspecified atom stereocenters. The van der Waals surface area contributed by atoms with Gasteiger partial charge in [-0.1, -0.05) is 78.8 Å². The van der Waals surface area contributed by atoms with Crippen LogP contribution in [0.25, 0.3) is 0 Å². The van der Waals surface area contributed by atoms with Crippen molar-refractivity contribution in [1.82, 2.24) is 52.8 Å². The van der Waals surface area contributed by atoms with Crippen LogP contribution in [0.2, 0.25) is 0 Å². The summed E-state index contributed by atoms with van der Waals surface area (Å²) in [4.78, 5) is 111. The number of benzene rings is 2. The number of hydrogen-bond acceptors (Lipinski definition) is 10. The molecule has 2 aromatic rings. The normalized spacial score (nSPS) is 19.6. The van der Waals surface area contributed by atoms with E-state index >= 15 is 0 Å². The molecule has 0 radical (unpaired) electrons. The number of likely N-dealkylation sites (tertiary alicyclic amines) is 1. The summed E-state index contributed by atoms with van der Waals surface area (Å²) in [5, 5.41) is 25.9. The zero-order chi connectivity index (χ0) is 50.6. The van der Waals surface area contributed by atoms with Crippen LogP contribution in [-0.4, -0.2) is 128 Å². The fourth-order valence-corrected chi connectivity index (χ4v) is 8.09. The van der Waals surface area contributed by atoms with Gasteiger partial charge in [0.05, 0.1) is 18.1 Å². The molecule has 18 heteroatoms. The summed E-state index contributed by atoms with van der Waals surface area (Å²) in [6.45, 7) is 17.7. The van der Waals surface area contributed by atoms with Crippen molar-refractivity contribution in [2.45, 2.75) is 149 Å². The first-order valence-corrected chi connectivity index (χ1v) is 23.9. The van der Waals surface area contributed by atoms with Crippen molar-refractivity contribution in [2.75, 3.05) is 27.2 Å². The van der Waals surface area contributed by atoms with E-state index in [0.29, 0.717) is 0 Å². The Morgan fingerprint density at radius 1 is 0.691 bits per heavy atom. The number of fused-ring (bicyclic) bond motifs is 1. The van der Waals surface area contributed by atoms with Gasteiger partial charge < -0.3 is 52.8 Å². The number of hydrogen-bond donors (Lipinski definition) is 9. The molecule has 4 rings (SSSR count). The SMILES string of the molecule is CN[C@@H](C)C(=O)N[C@H](C(=O)N[C@@H](CNC(=O)c1cccc(C(=O)N[C@H]2C[C@@H](C(=O)N[C@@H]3CCCc4ccccc43)N(C(=O)[C@@H](NC(=O)[C@H](C)NC)C(C)(C)C)C2)c1)C(=O)N[C@H](C)C(C)C)C(C)C. The third kappa shape index (κ3) is 14.6. The van der Waals surface area contributed by atoms with Gasteiger partial charge in [-0.3, -0.25) is 38.4 Å². The number of carbonyl (C=O) groups excluding carboxylic acids is 8. The topological polar surface area (TPSA) is 248 Å². The van der Waals surface area contributed by atoms with Crippen molar-refractivity contribution in [3.05, 3.63) is 70.8 Å². The molecule has 18 nitrogen and oxygen atoms in total. The highest BCUT2D eigenvalue weighted by Crippen LogP contribution is 2.31. The lowest BCUT2D eigenvalue weighted by Gasteiger charge is -2.36. The summed E-state index contributed by atoms with van der Waals surface area (Å²) in [5.74, 6) is -4.17. The molecule has 9 atom stereocenters. The number of rotatable bonds is 20. The van der Waals surface area contributed by atoms with Gasteiger partial charge in [0.25, 0.3) is 11.8 Å². The van der Waals surface area contributed by atoms with Gasteiger partial charge in [0, 0.05) is 36.3 Å². The lowest BCUT2D eigenvalue weighted by Crippen LogP contribution is -2.60. The first-order chi connectivity index (χ1) is 32.0. The largest absolute Gasteiger partial charge is 0.352 e. The molecule has 1 fully saturated rings. The van der Waals surface area contributed by atoms with E-state index in [1.54, 1.807) is 41.8 Å². The fraction of sp³-hybridized carbons (Fsp3) is 0.600. The fourth-order valence-electron chi connectivity index (χ4n) is 8.09. The predicted octanol–water partition coefficient (Wildman–Crippen LogP) is 1.84. The highest BCUT2D eigenvalue weighted by atomic mass is 16.2. The molecule has 2 aliphatic rings. The monoisotopic (exact) mass is 945 g/mol. The van der Waals surface area contributed by atoms with Crippen molar-refractivity contribution in [3.63, 3.8) is 0 Å². The second kappa shape index (κ2) is 24.4. The van der Waals surface area contributed by atoms with Crippen LogP contribution < -0.4 is 47.9 Å². The van der Waals surface area contributed by atoms with Crippen molar-refractivity contribution < 1.29 is 38.4 Å². The number of likely N-dealkylation sites (N-methyl/N-ethyl adjacent to an activating group) is 2.